The molecule has 0 atom stereocenters. The van der Waals surface area contributed by atoms with Crippen molar-refractivity contribution in [1.82, 2.24) is 15.1 Å². The minimum atomic E-state index is 0.776. The van der Waals surface area contributed by atoms with E-state index in [1.807, 2.05) is 0 Å². The van der Waals surface area contributed by atoms with E-state index in [2.05, 4.69) is 43.1 Å². The molecule has 0 saturated carbocycles. The lowest BCUT2D eigenvalue weighted by Crippen LogP contribution is -2.42. The molecule has 0 bridgehead atoms. The largest absolute Gasteiger partial charge is 0.316 e. The average Bonchev–Trinajstić information content (AvgIpc) is 2.42. The molecule has 1 rings (SSSR count). The predicted octanol–water partition coefficient (Wildman–Crippen LogP) is 2.82. The van der Waals surface area contributed by atoms with E-state index in [4.69, 9.17) is 0 Å². The number of hydrogen-bond donors (Lipinski definition) is 1. The fourth-order valence-corrected chi connectivity index (χ4v) is 2.97. The summed E-state index contributed by atoms with van der Waals surface area (Å²) in [5.41, 5.74) is 0. The summed E-state index contributed by atoms with van der Waals surface area (Å²) < 4.78 is 0. The SMILES string of the molecule is CC(C)CNCCCCCCN(C)C1CCN(C)CC1. The van der Waals surface area contributed by atoms with Gasteiger partial charge < -0.3 is 15.1 Å². The zero-order valence-corrected chi connectivity index (χ0v) is 14.3. The fraction of sp³-hybridized carbons (Fsp3) is 1.00. The Morgan fingerprint density at radius 1 is 1.10 bits per heavy atom. The Balaban J connectivity index is 1.90. The van der Waals surface area contributed by atoms with Gasteiger partial charge in [-0.3, -0.25) is 0 Å². The lowest BCUT2D eigenvalue weighted by atomic mass is 10.0. The second kappa shape index (κ2) is 10.6. The summed E-state index contributed by atoms with van der Waals surface area (Å²) >= 11 is 0. The lowest BCUT2D eigenvalue weighted by Gasteiger charge is -2.35. The highest BCUT2D eigenvalue weighted by Gasteiger charge is 2.19. The normalized spacial score (nSPS) is 18.3. The molecule has 1 aliphatic heterocycles. The van der Waals surface area contributed by atoms with Crippen LogP contribution in [0, 0.1) is 5.92 Å². The number of hydrogen-bond acceptors (Lipinski definition) is 3. The Bertz CT molecular complexity index is 222. The number of piperidine rings is 1. The van der Waals surface area contributed by atoms with Crippen LogP contribution >= 0.6 is 0 Å². The number of likely N-dealkylation sites (tertiary alicyclic amines) is 1. The Labute approximate surface area is 127 Å². The molecule has 0 aromatic heterocycles. The first-order valence-corrected chi connectivity index (χ1v) is 8.69. The average molecular weight is 284 g/mol. The first-order chi connectivity index (χ1) is 9.59. The van der Waals surface area contributed by atoms with Gasteiger partial charge in [0.25, 0.3) is 0 Å². The highest BCUT2D eigenvalue weighted by Crippen LogP contribution is 2.14. The highest BCUT2D eigenvalue weighted by molar-refractivity contribution is 4.76. The van der Waals surface area contributed by atoms with Crippen LogP contribution in [0.1, 0.15) is 52.4 Å². The van der Waals surface area contributed by atoms with Crippen LogP contribution in [-0.4, -0.2) is 62.7 Å². The Kier molecular flexibility index (Phi) is 9.49. The number of nitrogens with zero attached hydrogens (tertiary/aromatic N) is 2. The van der Waals surface area contributed by atoms with Gasteiger partial charge in [0.1, 0.15) is 0 Å². The van der Waals surface area contributed by atoms with Gasteiger partial charge in [0.05, 0.1) is 0 Å². The Morgan fingerprint density at radius 3 is 2.40 bits per heavy atom. The summed E-state index contributed by atoms with van der Waals surface area (Å²) in [5.74, 6) is 0.776. The van der Waals surface area contributed by atoms with Gasteiger partial charge in [-0.1, -0.05) is 26.7 Å². The summed E-state index contributed by atoms with van der Waals surface area (Å²) in [6.45, 7) is 10.7. The summed E-state index contributed by atoms with van der Waals surface area (Å²) in [6.07, 6.45) is 8.18. The molecule has 0 radical (unpaired) electrons. The second-order valence-corrected chi connectivity index (χ2v) is 7.03. The first kappa shape index (κ1) is 17.9. The van der Waals surface area contributed by atoms with Crippen molar-refractivity contribution in [2.24, 2.45) is 5.92 Å². The van der Waals surface area contributed by atoms with E-state index in [1.165, 1.54) is 71.2 Å². The van der Waals surface area contributed by atoms with Gasteiger partial charge in [-0.05, 0) is 78.4 Å². The minimum absolute atomic E-state index is 0.776. The maximum atomic E-state index is 3.53. The van der Waals surface area contributed by atoms with Crippen LogP contribution in [0.5, 0.6) is 0 Å². The van der Waals surface area contributed by atoms with Gasteiger partial charge in [-0.2, -0.15) is 0 Å². The third-order valence-electron chi connectivity index (χ3n) is 4.48. The molecular formula is C17H37N3. The van der Waals surface area contributed by atoms with E-state index in [0.717, 1.165) is 12.0 Å². The van der Waals surface area contributed by atoms with Crippen LogP contribution in [0.4, 0.5) is 0 Å². The topological polar surface area (TPSA) is 18.5 Å². The van der Waals surface area contributed by atoms with Crippen molar-refractivity contribution in [3.63, 3.8) is 0 Å². The van der Waals surface area contributed by atoms with Crippen molar-refractivity contribution in [2.45, 2.75) is 58.4 Å². The van der Waals surface area contributed by atoms with Gasteiger partial charge in [-0.25, -0.2) is 0 Å². The molecule has 20 heavy (non-hydrogen) atoms. The van der Waals surface area contributed by atoms with Crippen molar-refractivity contribution in [1.29, 1.82) is 0 Å². The van der Waals surface area contributed by atoms with Gasteiger partial charge in [-0.15, -0.1) is 0 Å². The standard InChI is InChI=1S/C17H37N3/c1-16(2)15-18-11-7-5-6-8-12-20(4)17-9-13-19(3)14-10-17/h16-18H,5-15H2,1-4H3. The van der Waals surface area contributed by atoms with E-state index >= 15 is 0 Å². The maximum absolute atomic E-state index is 3.53. The van der Waals surface area contributed by atoms with Gasteiger partial charge in [0, 0.05) is 6.04 Å². The maximum Gasteiger partial charge on any atom is 0.0117 e. The molecular weight excluding hydrogens is 246 g/mol. The van der Waals surface area contributed by atoms with Gasteiger partial charge >= 0.3 is 0 Å². The van der Waals surface area contributed by atoms with Crippen molar-refractivity contribution in [3.05, 3.63) is 0 Å². The monoisotopic (exact) mass is 283 g/mol. The quantitative estimate of drug-likeness (QED) is 0.622. The number of rotatable bonds is 10. The molecule has 1 N–H and O–H groups in total. The smallest absolute Gasteiger partial charge is 0.0117 e. The molecule has 0 amide bonds. The van der Waals surface area contributed by atoms with Crippen molar-refractivity contribution in [3.8, 4) is 0 Å². The van der Waals surface area contributed by atoms with E-state index in [9.17, 15) is 0 Å². The molecule has 1 saturated heterocycles. The molecule has 0 aliphatic carbocycles. The molecule has 0 unspecified atom stereocenters. The van der Waals surface area contributed by atoms with Gasteiger partial charge in [0.2, 0.25) is 0 Å². The summed E-state index contributed by atoms with van der Waals surface area (Å²) in [4.78, 5) is 5.05. The van der Waals surface area contributed by atoms with Gasteiger partial charge in [0.15, 0.2) is 0 Å². The number of nitrogens with one attached hydrogen (secondary N) is 1. The highest BCUT2D eigenvalue weighted by atomic mass is 15.2. The zero-order valence-electron chi connectivity index (χ0n) is 14.3. The third kappa shape index (κ3) is 8.23. The first-order valence-electron chi connectivity index (χ1n) is 8.69. The van der Waals surface area contributed by atoms with Crippen LogP contribution in [0.15, 0.2) is 0 Å². The molecule has 1 fully saturated rings. The minimum Gasteiger partial charge on any atom is -0.316 e. The molecule has 120 valence electrons. The van der Waals surface area contributed by atoms with Crippen molar-refractivity contribution >= 4 is 0 Å². The van der Waals surface area contributed by atoms with Crippen LogP contribution in [-0.2, 0) is 0 Å². The number of unbranched alkanes of at least 4 members (excludes halogenated alkanes) is 3. The molecule has 0 spiro atoms. The Morgan fingerprint density at radius 2 is 1.75 bits per heavy atom. The molecule has 3 heteroatoms. The van der Waals surface area contributed by atoms with Crippen LogP contribution < -0.4 is 5.32 Å². The fourth-order valence-electron chi connectivity index (χ4n) is 2.97. The molecule has 0 aromatic carbocycles. The van der Waals surface area contributed by atoms with Crippen LogP contribution in [0.3, 0.4) is 0 Å². The second-order valence-electron chi connectivity index (χ2n) is 7.03. The lowest BCUT2D eigenvalue weighted by molar-refractivity contribution is 0.142. The predicted molar refractivity (Wildman–Crippen MR) is 89.3 cm³/mol. The summed E-state index contributed by atoms with van der Waals surface area (Å²) in [5, 5.41) is 3.53. The van der Waals surface area contributed by atoms with Crippen LogP contribution in [0.25, 0.3) is 0 Å². The van der Waals surface area contributed by atoms with Crippen LogP contribution in [0.2, 0.25) is 0 Å². The molecule has 0 aromatic rings. The molecule has 1 heterocycles. The third-order valence-corrected chi connectivity index (χ3v) is 4.48. The molecule has 1 aliphatic rings. The summed E-state index contributed by atoms with van der Waals surface area (Å²) in [6, 6.07) is 0.832. The molecule has 3 nitrogen and oxygen atoms in total. The van der Waals surface area contributed by atoms with E-state index in [1.54, 1.807) is 0 Å². The van der Waals surface area contributed by atoms with E-state index < -0.39 is 0 Å². The zero-order chi connectivity index (χ0) is 14.8. The van der Waals surface area contributed by atoms with E-state index in [-0.39, 0.29) is 0 Å². The van der Waals surface area contributed by atoms with Crippen molar-refractivity contribution < 1.29 is 0 Å². The Hall–Kier alpha value is -0.120. The summed E-state index contributed by atoms with van der Waals surface area (Å²) in [7, 11) is 4.56. The van der Waals surface area contributed by atoms with Crippen molar-refractivity contribution in [2.75, 3.05) is 46.8 Å². The van der Waals surface area contributed by atoms with E-state index in [0.29, 0.717) is 0 Å².